The van der Waals surface area contributed by atoms with Crippen LogP contribution < -0.4 is 0 Å². The molecule has 0 aromatic carbocycles. The zero-order valence-electron chi connectivity index (χ0n) is 11.1. The van der Waals surface area contributed by atoms with E-state index in [2.05, 4.69) is 32.6 Å². The summed E-state index contributed by atoms with van der Waals surface area (Å²) in [7, 11) is 0. The first-order valence-electron chi connectivity index (χ1n) is 6.80. The van der Waals surface area contributed by atoms with E-state index in [9.17, 15) is 0 Å². The molecule has 0 amide bonds. The quantitative estimate of drug-likeness (QED) is 0.625. The Morgan fingerprint density at radius 2 is 1.67 bits per heavy atom. The largest absolute Gasteiger partial charge is 0.303 e. The van der Waals surface area contributed by atoms with Crippen LogP contribution in [0, 0.1) is 17.8 Å². The maximum Gasteiger partial charge on any atom is 0.000724 e. The van der Waals surface area contributed by atoms with E-state index in [4.69, 9.17) is 0 Å². The Morgan fingerprint density at radius 1 is 1.07 bits per heavy atom. The third kappa shape index (κ3) is 5.55. The highest BCUT2D eigenvalue weighted by Gasteiger charge is 2.20. The molecule has 2 atom stereocenters. The van der Waals surface area contributed by atoms with E-state index in [-0.39, 0.29) is 0 Å². The van der Waals surface area contributed by atoms with E-state index in [0.29, 0.717) is 0 Å². The summed E-state index contributed by atoms with van der Waals surface area (Å²) >= 11 is 0. The molecule has 0 spiro atoms. The summed E-state index contributed by atoms with van der Waals surface area (Å²) in [5.74, 6) is 2.71. The fourth-order valence-electron chi connectivity index (χ4n) is 2.86. The number of likely N-dealkylation sites (tertiary alicyclic amines) is 1. The second kappa shape index (κ2) is 6.52. The van der Waals surface area contributed by atoms with Crippen molar-refractivity contribution in [3.63, 3.8) is 0 Å². The molecule has 1 saturated heterocycles. The first-order valence-corrected chi connectivity index (χ1v) is 6.80. The average Bonchev–Trinajstić information content (AvgIpc) is 2.10. The van der Waals surface area contributed by atoms with Crippen molar-refractivity contribution in [1.29, 1.82) is 0 Å². The van der Waals surface area contributed by atoms with E-state index >= 15 is 0 Å². The Balaban J connectivity index is 2.10. The number of rotatable bonds is 5. The van der Waals surface area contributed by atoms with E-state index in [1.54, 1.807) is 0 Å². The molecule has 1 aliphatic rings. The first-order chi connectivity index (χ1) is 7.08. The van der Waals surface area contributed by atoms with Crippen molar-refractivity contribution in [2.75, 3.05) is 19.6 Å². The van der Waals surface area contributed by atoms with Crippen molar-refractivity contribution in [1.82, 2.24) is 4.90 Å². The van der Waals surface area contributed by atoms with Crippen molar-refractivity contribution in [3.05, 3.63) is 0 Å². The average molecular weight is 211 g/mol. The summed E-state index contributed by atoms with van der Waals surface area (Å²) in [4.78, 5) is 2.68. The van der Waals surface area contributed by atoms with Gasteiger partial charge < -0.3 is 4.90 Å². The van der Waals surface area contributed by atoms with Gasteiger partial charge in [-0.2, -0.15) is 0 Å². The van der Waals surface area contributed by atoms with E-state index in [1.165, 1.54) is 45.3 Å². The highest BCUT2D eigenvalue weighted by atomic mass is 15.1. The molecule has 1 nitrogen and oxygen atoms in total. The molecule has 1 fully saturated rings. The van der Waals surface area contributed by atoms with Crippen molar-refractivity contribution in [2.24, 2.45) is 17.8 Å². The first kappa shape index (κ1) is 13.0. The van der Waals surface area contributed by atoms with Gasteiger partial charge in [0.05, 0.1) is 0 Å². The van der Waals surface area contributed by atoms with Crippen LogP contribution >= 0.6 is 0 Å². The third-order valence-electron chi connectivity index (χ3n) is 3.45. The minimum absolute atomic E-state index is 0.879. The molecule has 0 radical (unpaired) electrons. The molecule has 0 aromatic heterocycles. The second-order valence-electron chi connectivity index (χ2n) is 6.10. The van der Waals surface area contributed by atoms with Crippen LogP contribution in [0.25, 0.3) is 0 Å². The fraction of sp³-hybridized carbons (Fsp3) is 1.00. The zero-order chi connectivity index (χ0) is 11.3. The van der Waals surface area contributed by atoms with Crippen LogP contribution in [0.1, 0.15) is 53.4 Å². The molecule has 15 heavy (non-hydrogen) atoms. The van der Waals surface area contributed by atoms with Gasteiger partial charge in [-0.05, 0) is 37.1 Å². The molecular weight excluding hydrogens is 182 g/mol. The van der Waals surface area contributed by atoms with Gasteiger partial charge in [0, 0.05) is 13.1 Å². The predicted molar refractivity (Wildman–Crippen MR) is 68.1 cm³/mol. The van der Waals surface area contributed by atoms with Crippen molar-refractivity contribution in [3.8, 4) is 0 Å². The van der Waals surface area contributed by atoms with E-state index in [0.717, 1.165) is 17.8 Å². The number of unbranched alkanes of at least 4 members (excludes halogenated alkanes) is 1. The zero-order valence-corrected chi connectivity index (χ0v) is 11.1. The van der Waals surface area contributed by atoms with Crippen molar-refractivity contribution < 1.29 is 0 Å². The van der Waals surface area contributed by atoms with Gasteiger partial charge in [0.25, 0.3) is 0 Å². The van der Waals surface area contributed by atoms with E-state index < -0.39 is 0 Å². The molecule has 0 bridgehead atoms. The lowest BCUT2D eigenvalue weighted by molar-refractivity contribution is 0.138. The maximum absolute atomic E-state index is 2.68. The second-order valence-corrected chi connectivity index (χ2v) is 6.10. The SMILES string of the molecule is CC(C)CCCCN1C[C@H](C)C[C@@H](C)C1. The Kier molecular flexibility index (Phi) is 5.66. The lowest BCUT2D eigenvalue weighted by Crippen LogP contribution is -2.39. The Bertz CT molecular complexity index is 155. The van der Waals surface area contributed by atoms with Crippen LogP contribution in [-0.4, -0.2) is 24.5 Å². The Labute approximate surface area is 96.2 Å². The van der Waals surface area contributed by atoms with Gasteiger partial charge in [-0.1, -0.05) is 40.5 Å². The van der Waals surface area contributed by atoms with Gasteiger partial charge in [-0.25, -0.2) is 0 Å². The summed E-state index contributed by atoms with van der Waals surface area (Å²) in [6.45, 7) is 13.5. The van der Waals surface area contributed by atoms with Crippen LogP contribution in [0.2, 0.25) is 0 Å². The van der Waals surface area contributed by atoms with Crippen molar-refractivity contribution >= 4 is 0 Å². The van der Waals surface area contributed by atoms with Crippen LogP contribution in [0.4, 0.5) is 0 Å². The van der Waals surface area contributed by atoms with Crippen LogP contribution in [-0.2, 0) is 0 Å². The molecule has 0 saturated carbocycles. The standard InChI is InChI=1S/C14H29N/c1-12(2)7-5-6-8-15-10-13(3)9-14(4)11-15/h12-14H,5-11H2,1-4H3/t13-,14-/m1/s1. The molecule has 0 aromatic rings. The van der Waals surface area contributed by atoms with E-state index in [1.807, 2.05) is 0 Å². The molecule has 90 valence electrons. The molecule has 1 aliphatic heterocycles. The van der Waals surface area contributed by atoms with Crippen LogP contribution in [0.3, 0.4) is 0 Å². The maximum atomic E-state index is 2.68. The monoisotopic (exact) mass is 211 g/mol. The third-order valence-corrected chi connectivity index (χ3v) is 3.45. The molecule has 0 N–H and O–H groups in total. The highest BCUT2D eigenvalue weighted by molar-refractivity contribution is 4.74. The number of hydrogen-bond donors (Lipinski definition) is 0. The summed E-state index contributed by atoms with van der Waals surface area (Å²) in [6.07, 6.45) is 5.65. The summed E-state index contributed by atoms with van der Waals surface area (Å²) in [6, 6.07) is 0. The Morgan fingerprint density at radius 3 is 2.20 bits per heavy atom. The molecule has 0 aliphatic carbocycles. The smallest absolute Gasteiger partial charge is 0.000724 e. The minimum Gasteiger partial charge on any atom is -0.303 e. The number of nitrogens with zero attached hydrogens (tertiary/aromatic N) is 1. The molecule has 1 heterocycles. The van der Waals surface area contributed by atoms with Gasteiger partial charge in [-0.3, -0.25) is 0 Å². The predicted octanol–water partition coefficient (Wildman–Crippen LogP) is 3.79. The normalized spacial score (nSPS) is 28.6. The summed E-state index contributed by atoms with van der Waals surface area (Å²) < 4.78 is 0. The van der Waals surface area contributed by atoms with Gasteiger partial charge in [0.2, 0.25) is 0 Å². The van der Waals surface area contributed by atoms with Gasteiger partial charge in [-0.15, -0.1) is 0 Å². The molecule has 1 heteroatoms. The Hall–Kier alpha value is -0.0400. The van der Waals surface area contributed by atoms with Gasteiger partial charge in [0.15, 0.2) is 0 Å². The van der Waals surface area contributed by atoms with Crippen LogP contribution in [0.5, 0.6) is 0 Å². The molecule has 1 rings (SSSR count). The topological polar surface area (TPSA) is 3.24 Å². The lowest BCUT2D eigenvalue weighted by atomic mass is 9.92. The van der Waals surface area contributed by atoms with Crippen LogP contribution in [0.15, 0.2) is 0 Å². The molecule has 0 unspecified atom stereocenters. The van der Waals surface area contributed by atoms with Gasteiger partial charge in [0.1, 0.15) is 0 Å². The highest BCUT2D eigenvalue weighted by Crippen LogP contribution is 2.21. The minimum atomic E-state index is 0.879. The van der Waals surface area contributed by atoms with Gasteiger partial charge >= 0.3 is 0 Å². The molecular formula is C14H29N. The van der Waals surface area contributed by atoms with Crippen molar-refractivity contribution in [2.45, 2.75) is 53.4 Å². The number of hydrogen-bond acceptors (Lipinski definition) is 1. The lowest BCUT2D eigenvalue weighted by Gasteiger charge is -2.35. The summed E-state index contributed by atoms with van der Waals surface area (Å²) in [5.41, 5.74) is 0. The number of piperidine rings is 1. The summed E-state index contributed by atoms with van der Waals surface area (Å²) in [5, 5.41) is 0. The fourth-order valence-corrected chi connectivity index (χ4v) is 2.86.